The Hall–Kier alpha value is -2.14. The summed E-state index contributed by atoms with van der Waals surface area (Å²) < 4.78 is 4.41. The summed E-state index contributed by atoms with van der Waals surface area (Å²) >= 11 is 0. The third-order valence-electron chi connectivity index (χ3n) is 4.29. The third-order valence-corrected chi connectivity index (χ3v) is 4.29. The standard InChI is InChI=1S/C16H18N4O/c21-11-13-5-3-4-12-7-9-19(16(12)13)10-15-18-17-14-6-1-2-8-20(14)15/h3-5,7,9,21H,1-2,6,8,10-11H2. The Kier molecular flexibility index (Phi) is 3.00. The highest BCUT2D eigenvalue weighted by atomic mass is 16.3. The Morgan fingerprint density at radius 2 is 2.10 bits per heavy atom. The number of hydrogen-bond donors (Lipinski definition) is 1. The van der Waals surface area contributed by atoms with E-state index >= 15 is 0 Å². The van der Waals surface area contributed by atoms with Gasteiger partial charge in [0.15, 0.2) is 5.82 Å². The number of aliphatic hydroxyl groups excluding tert-OH is 1. The monoisotopic (exact) mass is 282 g/mol. The maximum absolute atomic E-state index is 9.55. The van der Waals surface area contributed by atoms with Gasteiger partial charge >= 0.3 is 0 Å². The molecule has 5 heteroatoms. The number of para-hydroxylation sites is 1. The van der Waals surface area contributed by atoms with E-state index in [-0.39, 0.29) is 6.61 Å². The number of aryl methyl sites for hydroxylation is 1. The van der Waals surface area contributed by atoms with Crippen molar-refractivity contribution < 1.29 is 5.11 Å². The summed E-state index contributed by atoms with van der Waals surface area (Å²) in [5, 5.41) is 19.4. The SMILES string of the molecule is OCc1cccc2ccn(Cc3nnc4n3CCCC4)c12. The molecule has 1 aliphatic heterocycles. The van der Waals surface area contributed by atoms with Gasteiger partial charge in [-0.3, -0.25) is 0 Å². The molecular weight excluding hydrogens is 264 g/mol. The van der Waals surface area contributed by atoms with E-state index in [0.717, 1.165) is 41.1 Å². The van der Waals surface area contributed by atoms with Crippen molar-refractivity contribution in [2.24, 2.45) is 0 Å². The average molecular weight is 282 g/mol. The molecule has 0 unspecified atom stereocenters. The highest BCUT2D eigenvalue weighted by Gasteiger charge is 2.16. The van der Waals surface area contributed by atoms with Crippen LogP contribution < -0.4 is 0 Å². The van der Waals surface area contributed by atoms with Crippen LogP contribution in [0.25, 0.3) is 10.9 Å². The van der Waals surface area contributed by atoms with Crippen LogP contribution in [-0.2, 0) is 26.1 Å². The van der Waals surface area contributed by atoms with Crippen molar-refractivity contribution >= 4 is 10.9 Å². The molecule has 2 aromatic heterocycles. The van der Waals surface area contributed by atoms with Gasteiger partial charge in [-0.05, 0) is 24.3 Å². The van der Waals surface area contributed by atoms with E-state index in [9.17, 15) is 5.11 Å². The van der Waals surface area contributed by atoms with Gasteiger partial charge < -0.3 is 14.2 Å². The molecule has 0 aliphatic carbocycles. The molecule has 1 aliphatic rings. The number of benzene rings is 1. The van der Waals surface area contributed by atoms with Gasteiger partial charge in [0.05, 0.1) is 18.7 Å². The summed E-state index contributed by atoms with van der Waals surface area (Å²) in [7, 11) is 0. The molecule has 0 bridgehead atoms. The van der Waals surface area contributed by atoms with Crippen LogP contribution in [-0.4, -0.2) is 24.4 Å². The lowest BCUT2D eigenvalue weighted by molar-refractivity contribution is 0.283. The first-order valence-electron chi connectivity index (χ1n) is 7.45. The van der Waals surface area contributed by atoms with E-state index in [1.165, 1.54) is 12.8 Å². The van der Waals surface area contributed by atoms with Gasteiger partial charge in [-0.1, -0.05) is 18.2 Å². The minimum Gasteiger partial charge on any atom is -0.392 e. The van der Waals surface area contributed by atoms with Crippen molar-refractivity contribution in [2.45, 2.75) is 39.0 Å². The Labute approximate surface area is 122 Å². The molecule has 0 radical (unpaired) electrons. The van der Waals surface area contributed by atoms with Gasteiger partial charge in [-0.15, -0.1) is 10.2 Å². The summed E-state index contributed by atoms with van der Waals surface area (Å²) in [6, 6.07) is 8.11. The lowest BCUT2D eigenvalue weighted by Crippen LogP contribution is -2.15. The highest BCUT2D eigenvalue weighted by molar-refractivity contribution is 5.83. The molecule has 0 spiro atoms. The number of fused-ring (bicyclic) bond motifs is 2. The zero-order chi connectivity index (χ0) is 14.2. The lowest BCUT2D eigenvalue weighted by Gasteiger charge is -2.15. The maximum atomic E-state index is 9.55. The van der Waals surface area contributed by atoms with Gasteiger partial charge in [-0.25, -0.2) is 0 Å². The molecule has 4 rings (SSSR count). The lowest BCUT2D eigenvalue weighted by atomic mass is 10.1. The van der Waals surface area contributed by atoms with Crippen LogP contribution >= 0.6 is 0 Å². The van der Waals surface area contributed by atoms with Crippen LogP contribution in [0, 0.1) is 0 Å². The first-order chi connectivity index (χ1) is 10.4. The van der Waals surface area contributed by atoms with Crippen molar-refractivity contribution in [1.82, 2.24) is 19.3 Å². The number of aliphatic hydroxyl groups is 1. The fraction of sp³-hybridized carbons (Fsp3) is 0.375. The topological polar surface area (TPSA) is 55.9 Å². The van der Waals surface area contributed by atoms with E-state index < -0.39 is 0 Å². The largest absolute Gasteiger partial charge is 0.392 e. The summed E-state index contributed by atoms with van der Waals surface area (Å²) in [6.45, 7) is 1.77. The molecule has 0 fully saturated rings. The summed E-state index contributed by atoms with van der Waals surface area (Å²) in [5.41, 5.74) is 2.05. The van der Waals surface area contributed by atoms with E-state index in [0.29, 0.717) is 6.54 Å². The van der Waals surface area contributed by atoms with E-state index in [2.05, 4.69) is 37.7 Å². The van der Waals surface area contributed by atoms with E-state index in [1.807, 2.05) is 12.1 Å². The van der Waals surface area contributed by atoms with Crippen molar-refractivity contribution in [2.75, 3.05) is 0 Å². The Balaban J connectivity index is 1.76. The highest BCUT2D eigenvalue weighted by Crippen LogP contribution is 2.22. The van der Waals surface area contributed by atoms with Crippen molar-refractivity contribution in [3.63, 3.8) is 0 Å². The van der Waals surface area contributed by atoms with Crippen molar-refractivity contribution in [1.29, 1.82) is 0 Å². The molecule has 1 aromatic carbocycles. The predicted octanol–water partition coefficient (Wildman–Crippen LogP) is 2.11. The second-order valence-electron chi connectivity index (χ2n) is 5.60. The second-order valence-corrected chi connectivity index (χ2v) is 5.60. The van der Waals surface area contributed by atoms with Crippen LogP contribution in [0.15, 0.2) is 30.5 Å². The molecule has 3 aromatic rings. The van der Waals surface area contributed by atoms with Crippen molar-refractivity contribution in [3.05, 3.63) is 47.7 Å². The molecule has 3 heterocycles. The molecule has 0 saturated carbocycles. The quantitative estimate of drug-likeness (QED) is 0.800. The smallest absolute Gasteiger partial charge is 0.153 e. The van der Waals surface area contributed by atoms with Gasteiger partial charge in [0.25, 0.3) is 0 Å². The third kappa shape index (κ3) is 2.05. The van der Waals surface area contributed by atoms with Crippen LogP contribution in [0.1, 0.15) is 30.1 Å². The zero-order valence-corrected chi connectivity index (χ0v) is 11.9. The molecule has 1 N–H and O–H groups in total. The molecule has 108 valence electrons. The fourth-order valence-electron chi connectivity index (χ4n) is 3.24. The van der Waals surface area contributed by atoms with Crippen LogP contribution in [0.5, 0.6) is 0 Å². The summed E-state index contributed by atoms with van der Waals surface area (Å²) in [5.74, 6) is 2.12. The molecule has 0 saturated heterocycles. The van der Waals surface area contributed by atoms with Crippen molar-refractivity contribution in [3.8, 4) is 0 Å². The molecule has 0 amide bonds. The maximum Gasteiger partial charge on any atom is 0.153 e. The number of hydrogen-bond acceptors (Lipinski definition) is 3. The first kappa shape index (κ1) is 12.6. The number of aromatic nitrogens is 4. The van der Waals surface area contributed by atoms with E-state index in [4.69, 9.17) is 0 Å². The summed E-state index contributed by atoms with van der Waals surface area (Å²) in [4.78, 5) is 0. The van der Waals surface area contributed by atoms with Gasteiger partial charge in [-0.2, -0.15) is 0 Å². The van der Waals surface area contributed by atoms with Crippen LogP contribution in [0.3, 0.4) is 0 Å². The van der Waals surface area contributed by atoms with E-state index in [1.54, 1.807) is 0 Å². The number of rotatable bonds is 3. The minimum absolute atomic E-state index is 0.0549. The number of nitrogens with zero attached hydrogens (tertiary/aromatic N) is 4. The molecule has 0 atom stereocenters. The molecule has 21 heavy (non-hydrogen) atoms. The first-order valence-corrected chi connectivity index (χ1v) is 7.45. The fourth-order valence-corrected chi connectivity index (χ4v) is 3.24. The average Bonchev–Trinajstić information content (AvgIpc) is 3.13. The molecular formula is C16H18N4O. The van der Waals surface area contributed by atoms with Gasteiger partial charge in [0, 0.05) is 24.7 Å². The minimum atomic E-state index is 0.0549. The molecule has 5 nitrogen and oxygen atoms in total. The Morgan fingerprint density at radius 1 is 1.14 bits per heavy atom. The Morgan fingerprint density at radius 3 is 3.00 bits per heavy atom. The normalized spacial score (nSPS) is 14.5. The zero-order valence-electron chi connectivity index (χ0n) is 11.9. The van der Waals surface area contributed by atoms with Crippen LogP contribution in [0.4, 0.5) is 0 Å². The predicted molar refractivity (Wildman–Crippen MR) is 79.9 cm³/mol. The van der Waals surface area contributed by atoms with Gasteiger partial charge in [0.1, 0.15) is 5.82 Å². The Bertz CT molecular complexity index is 787. The summed E-state index contributed by atoms with van der Waals surface area (Å²) in [6.07, 6.45) is 5.50. The van der Waals surface area contributed by atoms with Gasteiger partial charge in [0.2, 0.25) is 0 Å². The van der Waals surface area contributed by atoms with Crippen LogP contribution in [0.2, 0.25) is 0 Å². The second kappa shape index (κ2) is 5.00.